The van der Waals surface area contributed by atoms with Gasteiger partial charge in [-0.2, -0.15) is 0 Å². The number of hydrogen-bond donors (Lipinski definition) is 2. The highest BCUT2D eigenvalue weighted by atomic mass is 19.2. The van der Waals surface area contributed by atoms with E-state index < -0.39 is 40.5 Å². The van der Waals surface area contributed by atoms with Gasteiger partial charge in [-0.1, -0.05) is 0 Å². The Kier molecular flexibility index (Phi) is 3.55. The third kappa shape index (κ3) is 2.40. The van der Waals surface area contributed by atoms with Gasteiger partial charge in [-0.15, -0.1) is 0 Å². The minimum Gasteiger partial charge on any atom is -0.478 e. The largest absolute Gasteiger partial charge is 0.478 e. The van der Waals surface area contributed by atoms with Crippen LogP contribution >= 0.6 is 0 Å². The SMILES string of the molecule is O=C(O)c1cnccc1Nc1c(F)c(F)cc(F)c1F. The van der Waals surface area contributed by atoms with Gasteiger partial charge < -0.3 is 10.4 Å². The molecule has 4 nitrogen and oxygen atoms in total. The summed E-state index contributed by atoms with van der Waals surface area (Å²) >= 11 is 0. The first kappa shape index (κ1) is 13.8. The maximum atomic E-state index is 13.5. The second kappa shape index (κ2) is 5.16. The van der Waals surface area contributed by atoms with E-state index in [2.05, 4.69) is 4.98 Å². The Bertz CT molecular complexity index is 665. The predicted molar refractivity (Wildman–Crippen MR) is 60.8 cm³/mol. The Morgan fingerprint density at radius 3 is 2.30 bits per heavy atom. The molecule has 20 heavy (non-hydrogen) atoms. The lowest BCUT2D eigenvalue weighted by atomic mass is 10.2. The van der Waals surface area contributed by atoms with Crippen LogP contribution < -0.4 is 5.32 Å². The quantitative estimate of drug-likeness (QED) is 0.672. The number of nitrogens with zero attached hydrogens (tertiary/aromatic N) is 1. The second-order valence-corrected chi connectivity index (χ2v) is 3.69. The van der Waals surface area contributed by atoms with Crippen LogP contribution in [0.2, 0.25) is 0 Å². The highest BCUT2D eigenvalue weighted by molar-refractivity contribution is 5.94. The number of carboxylic acids is 1. The van der Waals surface area contributed by atoms with E-state index in [0.717, 1.165) is 18.5 Å². The molecule has 0 fully saturated rings. The molecule has 0 saturated carbocycles. The molecule has 1 heterocycles. The zero-order chi connectivity index (χ0) is 14.9. The van der Waals surface area contributed by atoms with Gasteiger partial charge in [-0.05, 0) is 6.07 Å². The molecule has 0 aliphatic rings. The van der Waals surface area contributed by atoms with E-state index >= 15 is 0 Å². The van der Waals surface area contributed by atoms with Crippen molar-refractivity contribution in [2.24, 2.45) is 0 Å². The van der Waals surface area contributed by atoms with Gasteiger partial charge in [0.2, 0.25) is 0 Å². The molecule has 0 radical (unpaired) electrons. The highest BCUT2D eigenvalue weighted by Gasteiger charge is 2.21. The Hall–Kier alpha value is -2.64. The molecule has 0 saturated heterocycles. The van der Waals surface area contributed by atoms with Crippen molar-refractivity contribution in [1.82, 2.24) is 4.98 Å². The van der Waals surface area contributed by atoms with E-state index in [1.165, 1.54) is 0 Å². The molecular weight excluding hydrogens is 280 g/mol. The Morgan fingerprint density at radius 2 is 1.75 bits per heavy atom. The average Bonchev–Trinajstić information content (AvgIpc) is 2.41. The summed E-state index contributed by atoms with van der Waals surface area (Å²) in [5.74, 6) is -7.93. The average molecular weight is 286 g/mol. The fourth-order valence-corrected chi connectivity index (χ4v) is 1.49. The van der Waals surface area contributed by atoms with Crippen LogP contribution in [-0.2, 0) is 0 Å². The first-order chi connectivity index (χ1) is 9.41. The summed E-state index contributed by atoms with van der Waals surface area (Å²) in [6.07, 6.45) is 2.08. The summed E-state index contributed by atoms with van der Waals surface area (Å²) in [7, 11) is 0. The molecule has 2 N–H and O–H groups in total. The van der Waals surface area contributed by atoms with Gasteiger partial charge in [0.25, 0.3) is 0 Å². The topological polar surface area (TPSA) is 62.2 Å². The molecule has 0 bridgehead atoms. The van der Waals surface area contributed by atoms with Crippen molar-refractivity contribution in [1.29, 1.82) is 0 Å². The molecule has 0 atom stereocenters. The second-order valence-electron chi connectivity index (χ2n) is 3.69. The molecule has 8 heteroatoms. The minimum absolute atomic E-state index is 0.0561. The number of aromatic carboxylic acids is 1. The van der Waals surface area contributed by atoms with Crippen molar-refractivity contribution < 1.29 is 27.5 Å². The Balaban J connectivity index is 2.54. The maximum Gasteiger partial charge on any atom is 0.339 e. The number of anilines is 2. The van der Waals surface area contributed by atoms with E-state index in [-0.39, 0.29) is 11.8 Å². The van der Waals surface area contributed by atoms with Crippen molar-refractivity contribution in [3.8, 4) is 0 Å². The highest BCUT2D eigenvalue weighted by Crippen LogP contribution is 2.28. The third-order valence-corrected chi connectivity index (χ3v) is 2.42. The van der Waals surface area contributed by atoms with Crippen LogP contribution in [0.5, 0.6) is 0 Å². The maximum absolute atomic E-state index is 13.5. The monoisotopic (exact) mass is 286 g/mol. The Morgan fingerprint density at radius 1 is 1.15 bits per heavy atom. The number of aromatic nitrogens is 1. The number of rotatable bonds is 3. The standard InChI is InChI=1S/C12H6F4N2O2/c13-6-3-7(14)10(16)11(9(6)15)18-8-1-2-17-4-5(8)12(19)20/h1-4H,(H,17,18)(H,19,20). The fourth-order valence-electron chi connectivity index (χ4n) is 1.49. The smallest absolute Gasteiger partial charge is 0.339 e. The molecule has 2 aromatic rings. The lowest BCUT2D eigenvalue weighted by molar-refractivity contribution is 0.0697. The van der Waals surface area contributed by atoms with Crippen LogP contribution in [0.25, 0.3) is 0 Å². The van der Waals surface area contributed by atoms with Gasteiger partial charge in [-0.25, -0.2) is 22.4 Å². The molecule has 0 aliphatic heterocycles. The molecule has 0 unspecified atom stereocenters. The summed E-state index contributed by atoms with van der Waals surface area (Å²) < 4.78 is 53.0. The van der Waals surface area contributed by atoms with Gasteiger partial charge in [0.15, 0.2) is 23.3 Å². The van der Waals surface area contributed by atoms with Crippen molar-refractivity contribution in [2.75, 3.05) is 5.32 Å². The van der Waals surface area contributed by atoms with E-state index in [9.17, 15) is 22.4 Å². The van der Waals surface area contributed by atoms with E-state index in [1.807, 2.05) is 5.32 Å². The zero-order valence-electron chi connectivity index (χ0n) is 9.62. The van der Waals surface area contributed by atoms with Gasteiger partial charge in [0.05, 0.1) is 5.69 Å². The van der Waals surface area contributed by atoms with E-state index in [1.54, 1.807) is 0 Å². The van der Waals surface area contributed by atoms with Gasteiger partial charge >= 0.3 is 5.97 Å². The minimum atomic E-state index is -1.66. The van der Waals surface area contributed by atoms with Crippen molar-refractivity contribution in [2.45, 2.75) is 0 Å². The summed E-state index contributed by atoms with van der Waals surface area (Å²) in [5.41, 5.74) is -1.78. The molecule has 0 amide bonds. The molecule has 0 aliphatic carbocycles. The van der Waals surface area contributed by atoms with Gasteiger partial charge in [-0.3, -0.25) is 4.98 Å². The van der Waals surface area contributed by atoms with E-state index in [4.69, 9.17) is 5.11 Å². The third-order valence-electron chi connectivity index (χ3n) is 2.42. The number of pyridine rings is 1. The number of benzene rings is 1. The molecular formula is C12H6F4N2O2. The lowest BCUT2D eigenvalue weighted by Crippen LogP contribution is -2.07. The van der Waals surface area contributed by atoms with Crippen LogP contribution in [-0.4, -0.2) is 16.1 Å². The molecule has 1 aromatic carbocycles. The van der Waals surface area contributed by atoms with Crippen molar-refractivity contribution in [3.05, 3.63) is 53.4 Å². The number of carboxylic acid groups (broad SMARTS) is 1. The summed E-state index contributed by atoms with van der Waals surface area (Å²) in [6, 6.07) is 1.16. The first-order valence-electron chi connectivity index (χ1n) is 5.19. The van der Waals surface area contributed by atoms with Crippen molar-refractivity contribution >= 4 is 17.3 Å². The zero-order valence-corrected chi connectivity index (χ0v) is 9.62. The molecule has 2 rings (SSSR count). The lowest BCUT2D eigenvalue weighted by Gasteiger charge is -2.11. The number of nitrogens with one attached hydrogen (secondary N) is 1. The van der Waals surface area contributed by atoms with Crippen LogP contribution in [0, 0.1) is 23.3 Å². The molecule has 1 aromatic heterocycles. The van der Waals surface area contributed by atoms with Gasteiger partial charge in [0.1, 0.15) is 11.3 Å². The molecule has 104 valence electrons. The summed E-state index contributed by atoms with van der Waals surface area (Å²) in [5, 5.41) is 10.9. The van der Waals surface area contributed by atoms with Crippen LogP contribution in [0.4, 0.5) is 28.9 Å². The number of halogens is 4. The normalized spacial score (nSPS) is 10.4. The van der Waals surface area contributed by atoms with Crippen LogP contribution in [0.15, 0.2) is 24.5 Å². The van der Waals surface area contributed by atoms with Crippen LogP contribution in [0.1, 0.15) is 10.4 Å². The van der Waals surface area contributed by atoms with Crippen molar-refractivity contribution in [3.63, 3.8) is 0 Å². The number of carbonyl (C=O) groups is 1. The van der Waals surface area contributed by atoms with Crippen LogP contribution in [0.3, 0.4) is 0 Å². The summed E-state index contributed by atoms with van der Waals surface area (Å²) in [6.45, 7) is 0. The molecule has 0 spiro atoms. The van der Waals surface area contributed by atoms with Gasteiger partial charge in [0, 0.05) is 18.5 Å². The number of hydrogen-bond acceptors (Lipinski definition) is 3. The van der Waals surface area contributed by atoms with E-state index in [0.29, 0.717) is 0 Å². The first-order valence-corrected chi connectivity index (χ1v) is 5.19. The fraction of sp³-hybridized carbons (Fsp3) is 0. The predicted octanol–water partition coefficient (Wildman–Crippen LogP) is 3.08. The summed E-state index contributed by atoms with van der Waals surface area (Å²) in [4.78, 5) is 14.4. The Labute approximate surface area is 109 Å².